The number of fused-ring (bicyclic) bond motifs is 1. The summed E-state index contributed by atoms with van der Waals surface area (Å²) < 4.78 is 26.2. The smallest absolute Gasteiger partial charge is 0.278 e. The van der Waals surface area contributed by atoms with Crippen LogP contribution in [0.5, 0.6) is 0 Å². The van der Waals surface area contributed by atoms with Crippen LogP contribution in [0.1, 0.15) is 44.0 Å². The Balaban J connectivity index is 1.58. The van der Waals surface area contributed by atoms with Gasteiger partial charge in [-0.25, -0.2) is 4.39 Å². The molecule has 3 heterocycles. The van der Waals surface area contributed by atoms with Crippen LogP contribution in [0.15, 0.2) is 34.9 Å². The van der Waals surface area contributed by atoms with E-state index in [-0.39, 0.29) is 17.3 Å². The normalized spacial score (nSPS) is 17.5. The maximum atomic E-state index is 13.1. The molecule has 0 N–H and O–H groups in total. The molecule has 0 saturated carbocycles. The molecule has 0 bridgehead atoms. The van der Waals surface area contributed by atoms with Crippen molar-refractivity contribution < 1.29 is 13.7 Å². The van der Waals surface area contributed by atoms with Crippen molar-refractivity contribution in [2.24, 2.45) is 0 Å². The van der Waals surface area contributed by atoms with Crippen LogP contribution in [0.3, 0.4) is 0 Å². The largest absolute Gasteiger partial charge is 0.365 e. The molecule has 25 heavy (non-hydrogen) atoms. The van der Waals surface area contributed by atoms with E-state index in [0.717, 1.165) is 11.3 Å². The van der Waals surface area contributed by atoms with Crippen LogP contribution in [0.4, 0.5) is 4.39 Å². The van der Waals surface area contributed by atoms with E-state index in [1.807, 2.05) is 31.5 Å². The first-order valence-corrected chi connectivity index (χ1v) is 8.18. The van der Waals surface area contributed by atoms with Crippen molar-refractivity contribution in [3.63, 3.8) is 0 Å². The predicted molar refractivity (Wildman–Crippen MR) is 88.1 cm³/mol. The molecule has 7 heteroatoms. The molecule has 0 spiro atoms. The van der Waals surface area contributed by atoms with Crippen LogP contribution in [0, 0.1) is 5.82 Å². The lowest BCUT2D eigenvalue weighted by Crippen LogP contribution is -2.21. The number of nitrogens with zero attached hydrogens (tertiary/aromatic N) is 4. The highest BCUT2D eigenvalue weighted by Crippen LogP contribution is 2.29. The van der Waals surface area contributed by atoms with Crippen LogP contribution in [-0.2, 0) is 23.3 Å². The van der Waals surface area contributed by atoms with Gasteiger partial charge >= 0.3 is 0 Å². The van der Waals surface area contributed by atoms with E-state index in [2.05, 4.69) is 15.2 Å². The molecule has 1 aliphatic rings. The Morgan fingerprint density at radius 2 is 1.96 bits per heavy atom. The van der Waals surface area contributed by atoms with Gasteiger partial charge in [0.25, 0.3) is 5.89 Å². The monoisotopic (exact) mass is 342 g/mol. The van der Waals surface area contributed by atoms with E-state index < -0.39 is 0 Å². The van der Waals surface area contributed by atoms with Crippen LogP contribution >= 0.6 is 0 Å². The zero-order valence-electron chi connectivity index (χ0n) is 14.4. The zero-order valence-corrected chi connectivity index (χ0v) is 14.4. The summed E-state index contributed by atoms with van der Waals surface area (Å²) in [4.78, 5) is 4.45. The molecular weight excluding hydrogens is 323 g/mol. The number of halogens is 1. The van der Waals surface area contributed by atoms with Gasteiger partial charge in [-0.1, -0.05) is 38.1 Å². The van der Waals surface area contributed by atoms with Crippen molar-refractivity contribution in [2.45, 2.75) is 45.4 Å². The second kappa shape index (κ2) is 5.77. The molecular formula is C18H19FN4O2. The van der Waals surface area contributed by atoms with E-state index in [4.69, 9.17) is 9.26 Å². The van der Waals surface area contributed by atoms with Crippen molar-refractivity contribution in [3.05, 3.63) is 53.2 Å². The van der Waals surface area contributed by atoms with Gasteiger partial charge < -0.3 is 9.26 Å². The van der Waals surface area contributed by atoms with Gasteiger partial charge in [0.15, 0.2) is 11.5 Å². The van der Waals surface area contributed by atoms with Gasteiger partial charge in [0, 0.05) is 5.41 Å². The lowest BCUT2D eigenvalue weighted by molar-refractivity contribution is -0.00116. The topological polar surface area (TPSA) is 66.0 Å². The molecule has 0 amide bonds. The van der Waals surface area contributed by atoms with Gasteiger partial charge in [0.2, 0.25) is 0 Å². The Hall–Kier alpha value is -2.54. The molecule has 3 aromatic rings. The van der Waals surface area contributed by atoms with Crippen LogP contribution in [-0.4, -0.2) is 19.9 Å². The van der Waals surface area contributed by atoms with Gasteiger partial charge in [0.1, 0.15) is 11.9 Å². The zero-order chi connectivity index (χ0) is 17.6. The second-order valence-corrected chi connectivity index (χ2v) is 7.23. The van der Waals surface area contributed by atoms with Crippen LogP contribution < -0.4 is 0 Å². The summed E-state index contributed by atoms with van der Waals surface area (Å²) in [5, 5.41) is 8.61. The number of hydrogen-bond donors (Lipinski definition) is 0. The summed E-state index contributed by atoms with van der Waals surface area (Å²) in [6, 6.07) is 8.26. The summed E-state index contributed by atoms with van der Waals surface area (Å²) >= 11 is 0. The van der Waals surface area contributed by atoms with Crippen molar-refractivity contribution in [1.82, 2.24) is 19.9 Å². The minimum absolute atomic E-state index is 0.159. The highest BCUT2D eigenvalue weighted by Gasteiger charge is 2.26. The maximum Gasteiger partial charge on any atom is 0.278 e. The molecule has 2 aromatic heterocycles. The van der Waals surface area contributed by atoms with Gasteiger partial charge in [-0.3, -0.25) is 4.68 Å². The first-order valence-electron chi connectivity index (χ1n) is 8.18. The third-order valence-corrected chi connectivity index (χ3v) is 4.19. The maximum absolute atomic E-state index is 13.1. The molecule has 130 valence electrons. The molecule has 0 fully saturated rings. The lowest BCUT2D eigenvalue weighted by atomic mass is 9.96. The Labute approximate surface area is 144 Å². The molecule has 0 unspecified atom stereocenters. The average Bonchev–Trinajstić information content (AvgIpc) is 3.21. The number of benzene rings is 1. The molecule has 1 aromatic carbocycles. The number of ether oxygens (including phenoxy) is 1. The standard InChI is InChI=1S/C18H19FN4O2/c1-18(2,3)17-20-16(25-22-17)14-8-13-10-24-15(9-23(13)21-14)11-4-6-12(19)7-5-11/h4-8,15H,9-10H2,1-3H3/t15-/m0/s1. The Kier molecular flexibility index (Phi) is 3.68. The Morgan fingerprint density at radius 1 is 1.20 bits per heavy atom. The van der Waals surface area contributed by atoms with Gasteiger partial charge in [-0.05, 0) is 23.8 Å². The van der Waals surface area contributed by atoms with Gasteiger partial charge in [0.05, 0.1) is 18.8 Å². The first kappa shape index (κ1) is 16.0. The second-order valence-electron chi connectivity index (χ2n) is 7.23. The molecule has 4 rings (SSSR count). The predicted octanol–water partition coefficient (Wildman–Crippen LogP) is 3.64. The summed E-state index contributed by atoms with van der Waals surface area (Å²) in [7, 11) is 0. The average molecular weight is 342 g/mol. The highest BCUT2D eigenvalue weighted by atomic mass is 19.1. The van der Waals surface area contributed by atoms with Gasteiger partial charge in [-0.15, -0.1) is 0 Å². The van der Waals surface area contributed by atoms with Crippen molar-refractivity contribution in [3.8, 4) is 11.6 Å². The fourth-order valence-corrected chi connectivity index (χ4v) is 2.74. The quantitative estimate of drug-likeness (QED) is 0.711. The summed E-state index contributed by atoms with van der Waals surface area (Å²) in [5.74, 6) is 0.798. The molecule has 0 saturated heterocycles. The van der Waals surface area contributed by atoms with E-state index in [1.54, 1.807) is 12.1 Å². The van der Waals surface area contributed by atoms with Crippen LogP contribution in [0.25, 0.3) is 11.6 Å². The number of aromatic nitrogens is 4. The number of rotatable bonds is 2. The van der Waals surface area contributed by atoms with E-state index >= 15 is 0 Å². The third-order valence-electron chi connectivity index (χ3n) is 4.19. The third kappa shape index (κ3) is 3.07. The number of hydrogen-bond acceptors (Lipinski definition) is 5. The Bertz CT molecular complexity index is 893. The lowest BCUT2D eigenvalue weighted by Gasteiger charge is -2.24. The van der Waals surface area contributed by atoms with E-state index in [1.165, 1.54) is 12.1 Å². The molecule has 6 nitrogen and oxygen atoms in total. The molecule has 1 atom stereocenters. The van der Waals surface area contributed by atoms with Crippen molar-refractivity contribution in [1.29, 1.82) is 0 Å². The molecule has 0 radical (unpaired) electrons. The minimum Gasteiger partial charge on any atom is -0.365 e. The SMILES string of the molecule is CC(C)(C)c1noc(-c2cc3n(n2)C[C@@H](c2ccc(F)cc2)OC3)n1. The Morgan fingerprint density at radius 3 is 2.64 bits per heavy atom. The highest BCUT2D eigenvalue weighted by molar-refractivity contribution is 5.47. The van der Waals surface area contributed by atoms with Crippen molar-refractivity contribution >= 4 is 0 Å². The summed E-state index contributed by atoms with van der Waals surface area (Å²) in [6.45, 7) is 7.07. The van der Waals surface area contributed by atoms with E-state index in [0.29, 0.717) is 30.6 Å². The fourth-order valence-electron chi connectivity index (χ4n) is 2.74. The van der Waals surface area contributed by atoms with Crippen LogP contribution in [0.2, 0.25) is 0 Å². The van der Waals surface area contributed by atoms with Gasteiger partial charge in [-0.2, -0.15) is 10.1 Å². The molecule has 0 aliphatic carbocycles. The minimum atomic E-state index is -0.257. The first-order chi connectivity index (χ1) is 11.9. The summed E-state index contributed by atoms with van der Waals surface area (Å²) in [6.07, 6.45) is -0.159. The van der Waals surface area contributed by atoms with E-state index in [9.17, 15) is 4.39 Å². The van der Waals surface area contributed by atoms with Crippen molar-refractivity contribution in [2.75, 3.05) is 0 Å². The summed E-state index contributed by atoms with van der Waals surface area (Å²) in [5.41, 5.74) is 2.33. The fraction of sp³-hybridized carbons (Fsp3) is 0.389. The molecule has 1 aliphatic heterocycles.